The molecule has 0 radical (unpaired) electrons. The van der Waals surface area contributed by atoms with Crippen LogP contribution < -0.4 is 10.1 Å². The summed E-state index contributed by atoms with van der Waals surface area (Å²) >= 11 is 6.32. The second kappa shape index (κ2) is 11.3. The standard InChI is InChI=1S/C24H20BrN3O3S2/c25-17-6-9-21(29)16(12-17)14-27-18-7-8-20-22(13-18)33-24(28-20)32-15-23(30)26-10-11-31-19-4-2-1-3-5-19/h1-9,12-14,29H,10-11,15H2,(H,26,30). The summed E-state index contributed by atoms with van der Waals surface area (Å²) in [5, 5.41) is 12.8. The largest absolute Gasteiger partial charge is 0.507 e. The monoisotopic (exact) mass is 541 g/mol. The van der Waals surface area contributed by atoms with Gasteiger partial charge in [0.2, 0.25) is 5.91 Å². The molecular formula is C24H20BrN3O3S2. The van der Waals surface area contributed by atoms with Crippen molar-refractivity contribution in [3.05, 3.63) is 76.8 Å². The molecule has 0 aliphatic heterocycles. The van der Waals surface area contributed by atoms with Crippen LogP contribution in [0.4, 0.5) is 5.69 Å². The summed E-state index contributed by atoms with van der Waals surface area (Å²) in [6, 6.07) is 20.4. The van der Waals surface area contributed by atoms with Gasteiger partial charge in [-0.2, -0.15) is 0 Å². The first-order valence-electron chi connectivity index (χ1n) is 10.1. The number of nitrogens with zero attached hydrogens (tertiary/aromatic N) is 2. The van der Waals surface area contributed by atoms with Crippen molar-refractivity contribution in [2.24, 2.45) is 4.99 Å². The van der Waals surface area contributed by atoms with Crippen molar-refractivity contribution in [2.45, 2.75) is 4.34 Å². The number of aromatic nitrogens is 1. The van der Waals surface area contributed by atoms with Crippen LogP contribution in [0.5, 0.6) is 11.5 Å². The maximum atomic E-state index is 12.1. The minimum atomic E-state index is -0.0602. The third kappa shape index (κ3) is 6.80. The van der Waals surface area contributed by atoms with Gasteiger partial charge in [0.05, 0.1) is 28.2 Å². The van der Waals surface area contributed by atoms with Crippen molar-refractivity contribution in [1.82, 2.24) is 10.3 Å². The predicted octanol–water partition coefficient (Wildman–Crippen LogP) is 5.80. The molecule has 0 spiro atoms. The van der Waals surface area contributed by atoms with Gasteiger partial charge in [0.15, 0.2) is 4.34 Å². The molecule has 33 heavy (non-hydrogen) atoms. The van der Waals surface area contributed by atoms with Crippen LogP contribution in [0.25, 0.3) is 10.2 Å². The number of aromatic hydroxyl groups is 1. The van der Waals surface area contributed by atoms with Gasteiger partial charge in [-0.3, -0.25) is 9.79 Å². The molecule has 1 aromatic heterocycles. The molecule has 4 aromatic rings. The number of hydrogen-bond donors (Lipinski definition) is 2. The number of amides is 1. The molecular weight excluding hydrogens is 522 g/mol. The van der Waals surface area contributed by atoms with E-state index in [1.807, 2.05) is 48.5 Å². The number of nitrogens with one attached hydrogen (secondary N) is 1. The van der Waals surface area contributed by atoms with Crippen LogP contribution in [0.3, 0.4) is 0 Å². The second-order valence-corrected chi connectivity index (χ2v) is 10.1. The van der Waals surface area contributed by atoms with Gasteiger partial charge < -0.3 is 15.2 Å². The van der Waals surface area contributed by atoms with E-state index in [1.165, 1.54) is 23.1 Å². The zero-order valence-corrected chi connectivity index (χ0v) is 20.6. The molecule has 0 atom stereocenters. The van der Waals surface area contributed by atoms with Gasteiger partial charge in [0.1, 0.15) is 18.1 Å². The minimum Gasteiger partial charge on any atom is -0.507 e. The van der Waals surface area contributed by atoms with Gasteiger partial charge in [-0.15, -0.1) is 11.3 Å². The molecule has 1 heterocycles. The molecule has 1 amide bonds. The van der Waals surface area contributed by atoms with Gasteiger partial charge >= 0.3 is 0 Å². The summed E-state index contributed by atoms with van der Waals surface area (Å²) in [5.74, 6) is 1.19. The van der Waals surface area contributed by atoms with E-state index in [0.29, 0.717) is 24.5 Å². The Kier molecular flexibility index (Phi) is 7.98. The third-order valence-electron chi connectivity index (χ3n) is 4.46. The topological polar surface area (TPSA) is 83.8 Å². The van der Waals surface area contributed by atoms with Crippen LogP contribution in [0.15, 0.2) is 80.5 Å². The van der Waals surface area contributed by atoms with Gasteiger partial charge in [0.25, 0.3) is 0 Å². The predicted molar refractivity (Wildman–Crippen MR) is 138 cm³/mol. The fourth-order valence-corrected chi connectivity index (χ4v) is 5.17. The molecule has 0 bridgehead atoms. The molecule has 9 heteroatoms. The Morgan fingerprint density at radius 2 is 2.03 bits per heavy atom. The number of para-hydroxylation sites is 1. The number of ether oxygens (including phenoxy) is 1. The average Bonchev–Trinajstić information content (AvgIpc) is 3.24. The van der Waals surface area contributed by atoms with E-state index in [2.05, 4.69) is 31.2 Å². The highest BCUT2D eigenvalue weighted by molar-refractivity contribution is 9.10. The summed E-state index contributed by atoms with van der Waals surface area (Å²) in [6.45, 7) is 0.867. The molecule has 3 aromatic carbocycles. The quantitative estimate of drug-likeness (QED) is 0.159. The Hall–Kier alpha value is -2.88. The van der Waals surface area contributed by atoms with E-state index in [4.69, 9.17) is 4.74 Å². The summed E-state index contributed by atoms with van der Waals surface area (Å²) < 4.78 is 8.25. The number of thioether (sulfide) groups is 1. The number of phenolic OH excluding ortho intramolecular Hbond substituents is 1. The second-order valence-electron chi connectivity index (χ2n) is 6.89. The highest BCUT2D eigenvalue weighted by Crippen LogP contribution is 2.32. The van der Waals surface area contributed by atoms with Crippen molar-refractivity contribution in [3.8, 4) is 11.5 Å². The maximum absolute atomic E-state index is 12.1. The lowest BCUT2D eigenvalue weighted by atomic mass is 10.2. The van der Waals surface area contributed by atoms with Gasteiger partial charge in [-0.1, -0.05) is 45.9 Å². The zero-order valence-electron chi connectivity index (χ0n) is 17.4. The van der Waals surface area contributed by atoms with Crippen molar-refractivity contribution >= 4 is 67.1 Å². The SMILES string of the molecule is O=C(CSc1nc2ccc(N=Cc3cc(Br)ccc3O)cc2s1)NCCOc1ccccc1. The van der Waals surface area contributed by atoms with Crippen molar-refractivity contribution in [3.63, 3.8) is 0 Å². The number of rotatable bonds is 9. The third-order valence-corrected chi connectivity index (χ3v) is 7.11. The molecule has 6 nitrogen and oxygen atoms in total. The van der Waals surface area contributed by atoms with Crippen molar-refractivity contribution in [1.29, 1.82) is 0 Å². The Morgan fingerprint density at radius 1 is 1.18 bits per heavy atom. The number of aliphatic imine (C=N–C) groups is 1. The summed E-state index contributed by atoms with van der Waals surface area (Å²) in [7, 11) is 0. The molecule has 0 aliphatic rings. The van der Waals surface area contributed by atoms with E-state index < -0.39 is 0 Å². The number of thiazole rings is 1. The maximum Gasteiger partial charge on any atom is 0.230 e. The highest BCUT2D eigenvalue weighted by atomic mass is 79.9. The molecule has 4 rings (SSSR count). The molecule has 0 saturated heterocycles. The zero-order chi connectivity index (χ0) is 23.0. The lowest BCUT2D eigenvalue weighted by Gasteiger charge is -2.07. The fraction of sp³-hybridized carbons (Fsp3) is 0.125. The lowest BCUT2D eigenvalue weighted by molar-refractivity contribution is -0.118. The number of benzene rings is 3. The first-order valence-corrected chi connectivity index (χ1v) is 12.7. The Morgan fingerprint density at radius 3 is 2.88 bits per heavy atom. The van der Waals surface area contributed by atoms with Crippen molar-refractivity contribution < 1.29 is 14.6 Å². The minimum absolute atomic E-state index is 0.0602. The normalized spacial score (nSPS) is 11.2. The number of phenols is 1. The van der Waals surface area contributed by atoms with E-state index in [0.717, 1.165) is 30.5 Å². The number of halogens is 1. The average molecular weight is 542 g/mol. The van der Waals surface area contributed by atoms with Crippen LogP contribution >= 0.6 is 39.0 Å². The number of carbonyl (C=O) groups is 1. The summed E-state index contributed by atoms with van der Waals surface area (Å²) in [6.07, 6.45) is 1.63. The van der Waals surface area contributed by atoms with Crippen molar-refractivity contribution in [2.75, 3.05) is 18.9 Å². The first kappa shape index (κ1) is 23.3. The first-order chi connectivity index (χ1) is 16.1. The molecule has 2 N–H and O–H groups in total. The van der Waals surface area contributed by atoms with Gasteiger partial charge in [-0.05, 0) is 48.5 Å². The highest BCUT2D eigenvalue weighted by Gasteiger charge is 2.08. The fourth-order valence-electron chi connectivity index (χ4n) is 2.86. The van der Waals surface area contributed by atoms with Crippen LogP contribution in [0.1, 0.15) is 5.56 Å². The number of hydrogen-bond acceptors (Lipinski definition) is 7. The molecule has 0 fully saturated rings. The summed E-state index contributed by atoms with van der Waals surface area (Å²) in [4.78, 5) is 21.2. The van der Waals surface area contributed by atoms with Crippen LogP contribution in [0, 0.1) is 0 Å². The Balaban J connectivity index is 1.28. The van der Waals surface area contributed by atoms with Crippen LogP contribution in [-0.4, -0.2) is 41.1 Å². The van der Waals surface area contributed by atoms with Gasteiger partial charge in [-0.25, -0.2) is 4.98 Å². The Bertz CT molecular complexity index is 1280. The van der Waals surface area contributed by atoms with E-state index >= 15 is 0 Å². The lowest BCUT2D eigenvalue weighted by Crippen LogP contribution is -2.29. The van der Waals surface area contributed by atoms with E-state index in [9.17, 15) is 9.90 Å². The smallest absolute Gasteiger partial charge is 0.230 e. The number of fused-ring (bicyclic) bond motifs is 1. The van der Waals surface area contributed by atoms with Gasteiger partial charge in [0, 0.05) is 16.3 Å². The number of carbonyl (C=O) groups excluding carboxylic acids is 1. The van der Waals surface area contributed by atoms with E-state index in [-0.39, 0.29) is 11.7 Å². The van der Waals surface area contributed by atoms with E-state index in [1.54, 1.807) is 24.4 Å². The Labute approximate surface area is 207 Å². The van der Waals surface area contributed by atoms with Crippen LogP contribution in [-0.2, 0) is 4.79 Å². The molecule has 0 saturated carbocycles. The molecule has 0 aliphatic carbocycles. The molecule has 168 valence electrons. The summed E-state index contributed by atoms with van der Waals surface area (Å²) in [5.41, 5.74) is 2.26. The van der Waals surface area contributed by atoms with Crippen LogP contribution in [0.2, 0.25) is 0 Å². The molecule has 0 unspecified atom stereocenters.